The molecule has 9 N–H and O–H groups in total. The number of carbonyl (C=O) groups is 3. The SMILES string of the molecule is CCCC1CC1C(=O)NC(N)=Nc1nc2ccccc2s1.NC(=Nc1nc2ccccc2s1)NC(=O)C1CC1(Cl)Cl.NC(=Nc1nc2ccccc2s1)NC(=O)[C@H]1C[C@@H]1c1ccc(Cl)cc1. The first kappa shape index (κ1) is 46.8. The zero-order valence-corrected chi connectivity index (χ0v) is 39.9. The van der Waals surface area contributed by atoms with Gasteiger partial charge in [0.05, 0.1) is 36.6 Å². The molecule has 3 aliphatic carbocycles. The van der Waals surface area contributed by atoms with E-state index in [0.717, 1.165) is 61.9 Å². The van der Waals surface area contributed by atoms with E-state index in [0.29, 0.717) is 32.8 Å². The lowest BCUT2D eigenvalue weighted by Crippen LogP contribution is -2.38. The van der Waals surface area contributed by atoms with Gasteiger partial charge in [-0.3, -0.25) is 30.3 Å². The van der Waals surface area contributed by atoms with Crippen LogP contribution in [0.1, 0.15) is 50.5 Å². The number of nitrogens with two attached hydrogens (primary N) is 3. The Hall–Kier alpha value is -5.76. The molecule has 3 saturated carbocycles. The largest absolute Gasteiger partial charge is 0.369 e. The van der Waals surface area contributed by atoms with Crippen LogP contribution in [0, 0.1) is 23.7 Å². The Kier molecular flexibility index (Phi) is 14.5. The molecule has 0 aliphatic heterocycles. The van der Waals surface area contributed by atoms with E-state index in [1.807, 2.05) is 97.1 Å². The number of alkyl halides is 2. The van der Waals surface area contributed by atoms with Crippen LogP contribution in [0.15, 0.2) is 112 Å². The average molecular weight is 1000 g/mol. The first-order valence-corrected chi connectivity index (χ1v) is 24.5. The summed E-state index contributed by atoms with van der Waals surface area (Å²) in [5.74, 6) is 0.0691. The molecule has 3 heterocycles. The van der Waals surface area contributed by atoms with E-state index in [2.05, 4.69) is 52.8 Å². The average Bonchev–Trinajstić information content (AvgIpc) is 4.22. The Morgan fingerprint density at radius 1 is 0.636 bits per heavy atom. The minimum Gasteiger partial charge on any atom is -0.369 e. The number of guanidine groups is 3. The Balaban J connectivity index is 0.000000136. The predicted molar refractivity (Wildman–Crippen MR) is 268 cm³/mol. The molecule has 3 aliphatic rings. The minimum absolute atomic E-state index is 0.00918. The van der Waals surface area contributed by atoms with Crippen LogP contribution in [0.2, 0.25) is 5.02 Å². The van der Waals surface area contributed by atoms with Crippen molar-refractivity contribution >= 4 is 150 Å². The Morgan fingerprint density at radius 3 is 1.45 bits per heavy atom. The molecule has 3 unspecified atom stereocenters. The maximum Gasteiger partial charge on any atom is 0.232 e. The fraction of sp³-hybridized carbons (Fsp3) is 0.267. The van der Waals surface area contributed by atoms with Gasteiger partial charge in [-0.15, -0.1) is 23.2 Å². The lowest BCUT2D eigenvalue weighted by molar-refractivity contribution is -0.122. The van der Waals surface area contributed by atoms with Gasteiger partial charge in [-0.2, -0.15) is 15.0 Å². The van der Waals surface area contributed by atoms with Gasteiger partial charge in [0, 0.05) is 16.9 Å². The lowest BCUT2D eigenvalue weighted by Gasteiger charge is -2.03. The van der Waals surface area contributed by atoms with Gasteiger partial charge in [-0.1, -0.05) is 107 Å². The number of benzene rings is 4. The maximum atomic E-state index is 12.3. The van der Waals surface area contributed by atoms with Crippen LogP contribution < -0.4 is 33.2 Å². The third-order valence-corrected chi connectivity index (χ3v) is 14.6. The van der Waals surface area contributed by atoms with E-state index < -0.39 is 10.3 Å². The number of para-hydroxylation sites is 3. The molecule has 5 atom stereocenters. The normalized spacial score (nSPS) is 20.7. The number of hydrogen-bond acceptors (Lipinski definition) is 12. The molecule has 66 heavy (non-hydrogen) atoms. The highest BCUT2D eigenvalue weighted by Gasteiger charge is 2.56. The van der Waals surface area contributed by atoms with Crippen LogP contribution >= 0.6 is 68.8 Å². The van der Waals surface area contributed by atoms with E-state index in [1.54, 1.807) is 0 Å². The number of aliphatic imine (C=N–C) groups is 3. The molecule has 3 fully saturated rings. The zero-order chi connectivity index (χ0) is 46.5. The third kappa shape index (κ3) is 12.2. The second kappa shape index (κ2) is 20.4. The van der Waals surface area contributed by atoms with Crippen molar-refractivity contribution in [3.63, 3.8) is 0 Å². The summed E-state index contributed by atoms with van der Waals surface area (Å²) in [6.07, 6.45) is 4.42. The van der Waals surface area contributed by atoms with Gasteiger partial charge in [0.1, 0.15) is 4.33 Å². The Bertz CT molecular complexity index is 2910. The summed E-state index contributed by atoms with van der Waals surface area (Å²) in [5, 5.41) is 10.1. The number of halogens is 3. The second-order valence-corrected chi connectivity index (χ2v) is 20.8. The molecule has 0 radical (unpaired) electrons. The number of rotatable bonds is 9. The van der Waals surface area contributed by atoms with E-state index in [4.69, 9.17) is 52.0 Å². The predicted octanol–water partition coefficient (Wildman–Crippen LogP) is 9.16. The van der Waals surface area contributed by atoms with Gasteiger partial charge in [-0.25, -0.2) is 15.0 Å². The first-order valence-electron chi connectivity index (χ1n) is 20.9. The Morgan fingerprint density at radius 2 is 1.05 bits per heavy atom. The molecular formula is C45H43Cl3N12O3S3. The summed E-state index contributed by atoms with van der Waals surface area (Å²) < 4.78 is 2.12. The minimum atomic E-state index is -0.972. The monoisotopic (exact) mass is 1000 g/mol. The smallest absolute Gasteiger partial charge is 0.232 e. The van der Waals surface area contributed by atoms with Gasteiger partial charge in [0.15, 0.2) is 0 Å². The number of amides is 3. The van der Waals surface area contributed by atoms with Crippen LogP contribution in [0.4, 0.5) is 15.4 Å². The zero-order valence-electron chi connectivity index (χ0n) is 35.2. The maximum absolute atomic E-state index is 12.3. The number of hydrogen-bond donors (Lipinski definition) is 6. The number of thiazole rings is 3. The molecule has 0 bridgehead atoms. The Labute approximate surface area is 406 Å². The third-order valence-electron chi connectivity index (χ3n) is 10.7. The molecule has 4 aromatic carbocycles. The highest BCUT2D eigenvalue weighted by molar-refractivity contribution is 7.22. The molecule has 15 nitrogen and oxygen atoms in total. The summed E-state index contributed by atoms with van der Waals surface area (Å²) in [6.45, 7) is 2.14. The molecule has 7 aromatic rings. The summed E-state index contributed by atoms with van der Waals surface area (Å²) >= 11 is 21.8. The quantitative estimate of drug-likeness (QED) is 0.0458. The van der Waals surface area contributed by atoms with Crippen molar-refractivity contribution in [3.05, 3.63) is 108 Å². The summed E-state index contributed by atoms with van der Waals surface area (Å²) in [6, 6.07) is 30.8. The van der Waals surface area contributed by atoms with Crippen LogP contribution in [0.3, 0.4) is 0 Å². The van der Waals surface area contributed by atoms with Gasteiger partial charge < -0.3 is 17.2 Å². The second-order valence-electron chi connectivity index (χ2n) is 15.8. The van der Waals surface area contributed by atoms with Crippen LogP contribution in [-0.2, 0) is 14.4 Å². The van der Waals surface area contributed by atoms with Crippen LogP contribution in [0.25, 0.3) is 30.6 Å². The van der Waals surface area contributed by atoms with E-state index in [-0.39, 0.29) is 53.4 Å². The highest BCUT2D eigenvalue weighted by Crippen LogP contribution is 2.53. The van der Waals surface area contributed by atoms with Crippen molar-refractivity contribution in [2.75, 3.05) is 0 Å². The summed E-state index contributed by atoms with van der Waals surface area (Å²) in [5.41, 5.74) is 21.1. The summed E-state index contributed by atoms with van der Waals surface area (Å²) in [4.78, 5) is 61.5. The molecule has 10 rings (SSSR count). The van der Waals surface area contributed by atoms with Crippen molar-refractivity contribution in [1.29, 1.82) is 0 Å². The number of carbonyl (C=O) groups excluding carboxylic acids is 3. The number of fused-ring (bicyclic) bond motifs is 3. The fourth-order valence-electron chi connectivity index (χ4n) is 7.09. The van der Waals surface area contributed by atoms with Crippen molar-refractivity contribution in [2.24, 2.45) is 55.8 Å². The van der Waals surface area contributed by atoms with E-state index >= 15 is 0 Å². The number of aromatic nitrogens is 3. The van der Waals surface area contributed by atoms with Gasteiger partial charge in [0.2, 0.25) is 51.0 Å². The van der Waals surface area contributed by atoms with Crippen molar-refractivity contribution in [1.82, 2.24) is 30.9 Å². The standard InChI is InChI=1S/C18H15ClN4OS.C15H18N4OS.C12H10Cl2N4OS/c19-11-7-5-10(6-8-11)12-9-13(12)16(24)22-17(20)23-18-21-14-3-1-2-4-15(14)25-18;1-2-5-9-8-10(9)13(20)18-14(16)19-15-17-11-6-3-4-7-12(11)21-15;13-12(14)5-6(12)9(19)17-10(15)18-11-16-7-3-1-2-4-8(7)20-11/h1-8,12-13H,9H2,(H3,20,21,22,23,24);3-4,6-7,9-10H,2,5,8H2,1H3,(H3,16,17,18,19,20);1-4,6H,5H2,(H3,15,16,17,18,19)/t12-,13+;;/m1../s1. The molecule has 340 valence electrons. The van der Waals surface area contributed by atoms with Crippen molar-refractivity contribution in [3.8, 4) is 0 Å². The molecule has 0 saturated heterocycles. The molecule has 21 heteroatoms. The molecule has 3 aromatic heterocycles. The van der Waals surface area contributed by atoms with Gasteiger partial charge in [-0.05, 0) is 91.6 Å². The highest BCUT2D eigenvalue weighted by atomic mass is 35.5. The number of nitrogens with zero attached hydrogens (tertiary/aromatic N) is 6. The fourth-order valence-corrected chi connectivity index (χ4v) is 10.3. The topological polar surface area (TPSA) is 241 Å². The van der Waals surface area contributed by atoms with E-state index in [1.165, 1.54) is 34.0 Å². The summed E-state index contributed by atoms with van der Waals surface area (Å²) in [7, 11) is 0. The van der Waals surface area contributed by atoms with Crippen molar-refractivity contribution < 1.29 is 14.4 Å². The lowest BCUT2D eigenvalue weighted by atomic mass is 10.1. The van der Waals surface area contributed by atoms with Crippen LogP contribution in [0.5, 0.6) is 0 Å². The molecule has 3 amide bonds. The van der Waals surface area contributed by atoms with E-state index in [9.17, 15) is 14.4 Å². The molecule has 0 spiro atoms. The van der Waals surface area contributed by atoms with Gasteiger partial charge in [0.25, 0.3) is 0 Å². The van der Waals surface area contributed by atoms with Crippen LogP contribution in [-0.4, -0.2) is 54.9 Å². The number of nitrogens with one attached hydrogen (secondary N) is 3. The molecular weight excluding hydrogens is 959 g/mol. The van der Waals surface area contributed by atoms with Crippen molar-refractivity contribution in [2.45, 2.75) is 49.3 Å². The van der Waals surface area contributed by atoms with Gasteiger partial charge >= 0.3 is 0 Å². The first-order chi connectivity index (χ1) is 31.7.